The van der Waals surface area contributed by atoms with E-state index in [9.17, 15) is 53.1 Å². The maximum atomic E-state index is 13.1. The van der Waals surface area contributed by atoms with Gasteiger partial charge in [0, 0.05) is 6.54 Å². The van der Waals surface area contributed by atoms with Crippen LogP contribution in [0.15, 0.2) is 4.99 Å². The third-order valence-corrected chi connectivity index (χ3v) is 8.51. The number of rotatable bonds is 31. The summed E-state index contributed by atoms with van der Waals surface area (Å²) in [5.41, 5.74) is 21.7. The van der Waals surface area contributed by atoms with E-state index < -0.39 is 122 Å². The summed E-state index contributed by atoms with van der Waals surface area (Å²) < 4.78 is 0. The maximum Gasteiger partial charge on any atom is 0.326 e. The number of carboxylic acids is 1. The lowest BCUT2D eigenvalue weighted by Gasteiger charge is -2.22. The van der Waals surface area contributed by atoms with Crippen LogP contribution in [0.2, 0.25) is 0 Å². The fourth-order valence-electron chi connectivity index (χ4n) is 5.34. The van der Waals surface area contributed by atoms with E-state index >= 15 is 0 Å². The van der Waals surface area contributed by atoms with E-state index in [4.69, 9.17) is 22.9 Å². The number of nitrogens with two attached hydrogens (primary N) is 4. The Balaban J connectivity index is 4.93. The summed E-state index contributed by atoms with van der Waals surface area (Å²) in [4.78, 5) is 128. The normalized spacial score (nSPS) is 13.2. The zero-order valence-corrected chi connectivity index (χ0v) is 36.2. The molecule has 0 aliphatic heterocycles. The Hall–Kier alpha value is -6.11. The molecule has 0 rings (SSSR count). The van der Waals surface area contributed by atoms with Crippen molar-refractivity contribution < 1.29 is 53.1 Å². The highest BCUT2D eigenvalue weighted by molar-refractivity contribution is 5.95. The summed E-state index contributed by atoms with van der Waals surface area (Å²) in [5, 5.41) is 30.9. The summed E-state index contributed by atoms with van der Waals surface area (Å²) in [6.07, 6.45) is 2.23. The van der Waals surface area contributed by atoms with Crippen LogP contribution >= 0.6 is 0 Å². The van der Waals surface area contributed by atoms with Crippen LogP contribution in [0.3, 0.4) is 0 Å². The van der Waals surface area contributed by atoms with Crippen LogP contribution in [0.5, 0.6) is 0 Å². The lowest BCUT2D eigenvalue weighted by Crippen LogP contribution is -2.54. The fourth-order valence-corrected chi connectivity index (χ4v) is 5.34. The molecule has 0 unspecified atom stereocenters. The number of aliphatic carboxylic acids is 1. The molecule has 0 radical (unpaired) electrons. The zero-order chi connectivity index (χ0) is 47.4. The van der Waals surface area contributed by atoms with E-state index in [1.165, 1.54) is 6.92 Å². The van der Waals surface area contributed by atoms with Gasteiger partial charge in [0.15, 0.2) is 5.96 Å². The number of carbonyl (C=O) groups is 10. The molecule has 0 aromatic rings. The quantitative estimate of drug-likeness (QED) is 0.0175. The van der Waals surface area contributed by atoms with Gasteiger partial charge in [-0.25, -0.2) is 4.79 Å². The van der Waals surface area contributed by atoms with Gasteiger partial charge in [0.25, 0.3) is 0 Å². The Kier molecular flexibility index (Phi) is 27.8. The summed E-state index contributed by atoms with van der Waals surface area (Å²) in [6, 6.07) is -5.40. The SMILES string of the molecule is CC(C)C[C@H](NC(=O)CNC(=O)CNC(=O)[C@H](C)NC(=O)CNC(=O)[C@@H](N)CCCN=C(N)N)C(=O)NCC(=O)N[C@@H](CC(C)C)C(=O)NCC(=O)N[C@@H](CCCCN)C(=O)O. The van der Waals surface area contributed by atoms with Crippen LogP contribution in [0.1, 0.15) is 79.6 Å². The molecule has 0 aliphatic carbocycles. The minimum atomic E-state index is -1.23. The van der Waals surface area contributed by atoms with Gasteiger partial charge in [-0.15, -0.1) is 0 Å². The number of aliphatic imine (C=N–C) groups is 1. The van der Waals surface area contributed by atoms with Gasteiger partial charge in [0.1, 0.15) is 24.2 Å². The van der Waals surface area contributed by atoms with E-state index in [0.29, 0.717) is 25.8 Å². The molecule has 0 aromatic heterocycles. The molecular formula is C37H68N14O11. The maximum absolute atomic E-state index is 13.1. The van der Waals surface area contributed by atoms with Crippen LogP contribution in [0.4, 0.5) is 0 Å². The predicted molar refractivity (Wildman–Crippen MR) is 226 cm³/mol. The Bertz CT molecular complexity index is 1560. The Morgan fingerprint density at radius 3 is 1.39 bits per heavy atom. The Morgan fingerprint density at radius 1 is 0.516 bits per heavy atom. The van der Waals surface area contributed by atoms with Crippen LogP contribution in [-0.2, 0) is 47.9 Å². The molecule has 25 heteroatoms. The van der Waals surface area contributed by atoms with E-state index in [-0.39, 0.29) is 50.0 Å². The van der Waals surface area contributed by atoms with E-state index in [1.807, 2.05) is 0 Å². The molecule has 0 saturated carbocycles. The molecule has 0 fully saturated rings. The van der Waals surface area contributed by atoms with Crippen molar-refractivity contribution in [1.82, 2.24) is 47.9 Å². The van der Waals surface area contributed by atoms with E-state index in [2.05, 4.69) is 52.8 Å². The smallest absolute Gasteiger partial charge is 0.326 e. The first-order valence-corrected chi connectivity index (χ1v) is 20.3. The summed E-state index contributed by atoms with van der Waals surface area (Å²) >= 11 is 0. The number of guanidine groups is 1. The van der Waals surface area contributed by atoms with Crippen LogP contribution in [0, 0.1) is 11.8 Å². The molecular weight excluding hydrogens is 816 g/mol. The summed E-state index contributed by atoms with van der Waals surface area (Å²) in [5.74, 6) is -7.95. The minimum Gasteiger partial charge on any atom is -0.480 e. The number of hydrogen-bond donors (Lipinski definition) is 14. The van der Waals surface area contributed by atoms with Crippen LogP contribution < -0.4 is 70.8 Å². The van der Waals surface area contributed by atoms with Gasteiger partial charge >= 0.3 is 5.97 Å². The number of amides is 9. The fraction of sp³-hybridized carbons (Fsp3) is 0.703. The van der Waals surface area contributed by atoms with Crippen molar-refractivity contribution >= 4 is 65.1 Å². The van der Waals surface area contributed by atoms with Gasteiger partial charge in [-0.2, -0.15) is 0 Å². The molecule has 0 spiro atoms. The Morgan fingerprint density at radius 2 is 0.935 bits per heavy atom. The molecule has 0 aliphatic rings. The topological polar surface area (TPSA) is 416 Å². The third-order valence-electron chi connectivity index (χ3n) is 8.51. The number of unbranched alkanes of at least 4 members (excludes halogenated alkanes) is 1. The van der Waals surface area contributed by atoms with Crippen molar-refractivity contribution in [3.8, 4) is 0 Å². The van der Waals surface area contributed by atoms with Crippen molar-refractivity contribution in [3.05, 3.63) is 0 Å². The second kappa shape index (κ2) is 30.8. The lowest BCUT2D eigenvalue weighted by molar-refractivity contribution is -0.142. The number of nitrogens with zero attached hydrogens (tertiary/aromatic N) is 1. The molecule has 62 heavy (non-hydrogen) atoms. The van der Waals surface area contributed by atoms with E-state index in [0.717, 1.165) is 0 Å². The summed E-state index contributed by atoms with van der Waals surface area (Å²) in [6.45, 7) is 6.45. The number of carbonyl (C=O) groups excluding carboxylic acids is 9. The van der Waals surface area contributed by atoms with Gasteiger partial charge in [-0.3, -0.25) is 48.1 Å². The largest absolute Gasteiger partial charge is 0.480 e. The highest BCUT2D eigenvalue weighted by Crippen LogP contribution is 2.07. The number of nitrogens with one attached hydrogen (secondary N) is 9. The summed E-state index contributed by atoms with van der Waals surface area (Å²) in [7, 11) is 0. The van der Waals surface area contributed by atoms with Crippen LogP contribution in [0.25, 0.3) is 0 Å². The molecule has 0 saturated heterocycles. The van der Waals surface area contributed by atoms with Gasteiger partial charge < -0.3 is 75.9 Å². The lowest BCUT2D eigenvalue weighted by atomic mass is 10.0. The molecule has 25 nitrogen and oxygen atoms in total. The first-order chi connectivity index (χ1) is 29.0. The van der Waals surface area contributed by atoms with Gasteiger partial charge in [0.2, 0.25) is 53.2 Å². The average Bonchev–Trinajstić information content (AvgIpc) is 3.19. The molecule has 18 N–H and O–H groups in total. The van der Waals surface area contributed by atoms with Gasteiger partial charge in [-0.05, 0) is 70.3 Å². The van der Waals surface area contributed by atoms with Crippen LogP contribution in [-0.4, -0.2) is 146 Å². The standard InChI is InChI=1S/C37H68N14O11/c1-20(2)13-25(34(59)47-19-31(56)51-26(14-21(3)4)35(60)46-18-30(55)49-24(36(61)62)10-6-7-11-38)50-29(54)16-43-27(52)15-44-32(57)22(5)48-28(53)17-45-33(58)23(39)9-8-12-42-37(40)41/h20-26H,6-19,38-39H2,1-5H3,(H,43,52)(H,44,57)(H,45,58)(H,46,60)(H,47,59)(H,48,53)(H,49,55)(H,50,54)(H,51,56)(H,61,62)(H4,40,41,42)/t22-,23-,24-,25-,26-/m0/s1. The average molecular weight is 885 g/mol. The second-order valence-electron chi connectivity index (χ2n) is 15.2. The molecule has 0 aromatic carbocycles. The second-order valence-corrected chi connectivity index (χ2v) is 15.2. The predicted octanol–water partition coefficient (Wildman–Crippen LogP) is -5.79. The van der Waals surface area contributed by atoms with Crippen molar-refractivity contribution in [3.63, 3.8) is 0 Å². The van der Waals surface area contributed by atoms with E-state index in [1.54, 1.807) is 27.7 Å². The molecule has 0 bridgehead atoms. The molecule has 0 heterocycles. The molecule has 352 valence electrons. The number of carboxylic acid groups (broad SMARTS) is 1. The van der Waals surface area contributed by atoms with Crippen molar-refractivity contribution in [2.75, 3.05) is 45.8 Å². The van der Waals surface area contributed by atoms with Crippen molar-refractivity contribution in [2.45, 2.75) is 110 Å². The monoisotopic (exact) mass is 885 g/mol. The third kappa shape index (κ3) is 26.9. The zero-order valence-electron chi connectivity index (χ0n) is 36.2. The molecule has 9 amide bonds. The van der Waals surface area contributed by atoms with Crippen molar-refractivity contribution in [1.29, 1.82) is 0 Å². The van der Waals surface area contributed by atoms with Crippen molar-refractivity contribution in [2.24, 2.45) is 39.8 Å². The Labute approximate surface area is 360 Å². The molecule has 5 atom stereocenters. The first kappa shape index (κ1) is 55.9. The highest BCUT2D eigenvalue weighted by Gasteiger charge is 2.27. The number of hydrogen-bond acceptors (Lipinski definition) is 13. The first-order valence-electron chi connectivity index (χ1n) is 20.3. The highest BCUT2D eigenvalue weighted by atomic mass is 16.4. The van der Waals surface area contributed by atoms with Gasteiger partial charge in [-0.1, -0.05) is 27.7 Å². The van der Waals surface area contributed by atoms with Gasteiger partial charge in [0.05, 0.1) is 38.8 Å². The minimum absolute atomic E-state index is 0.0779.